The molecule has 2 heterocycles. The normalized spacial score (nSPS) is 20.9. The summed E-state index contributed by atoms with van der Waals surface area (Å²) in [4.78, 5) is 0. The van der Waals surface area contributed by atoms with Crippen molar-refractivity contribution in [1.82, 2.24) is 9.78 Å². The van der Waals surface area contributed by atoms with Gasteiger partial charge in [-0.3, -0.25) is 4.68 Å². The molecule has 3 nitrogen and oxygen atoms in total. The number of rotatable bonds is 2. The third-order valence-corrected chi connectivity index (χ3v) is 4.27. The first-order valence-corrected chi connectivity index (χ1v) is 6.42. The lowest BCUT2D eigenvalue weighted by Gasteiger charge is -2.27. The maximum Gasteiger partial charge on any atom is 0.0804 e. The van der Waals surface area contributed by atoms with Gasteiger partial charge in [-0.15, -0.1) is 0 Å². The second-order valence-corrected chi connectivity index (χ2v) is 5.08. The Hall–Kier alpha value is -0.480. The Morgan fingerprint density at radius 1 is 1.43 bits per heavy atom. The molecule has 1 aliphatic heterocycles. The van der Waals surface area contributed by atoms with Gasteiger partial charge in [0.1, 0.15) is 0 Å². The molecule has 1 aromatic rings. The van der Waals surface area contributed by atoms with Gasteiger partial charge in [0.15, 0.2) is 0 Å². The molecule has 0 spiro atoms. The third-order valence-electron chi connectivity index (χ3n) is 3.30. The lowest BCUT2D eigenvalue weighted by molar-refractivity contribution is 0.283. The molecule has 3 rings (SSSR count). The molecule has 0 radical (unpaired) electrons. The SMILES string of the molecule is NCc1nn(C2CCC2)c2c1CSC2. The number of nitrogens with zero attached hydrogens (tertiary/aromatic N) is 2. The Labute approximate surface area is 88.0 Å². The van der Waals surface area contributed by atoms with Crippen molar-refractivity contribution in [2.75, 3.05) is 0 Å². The first-order chi connectivity index (χ1) is 6.90. The molecule has 1 aromatic heterocycles. The van der Waals surface area contributed by atoms with E-state index in [1.165, 1.54) is 30.5 Å². The molecular formula is C10H15N3S. The zero-order valence-corrected chi connectivity index (χ0v) is 9.02. The van der Waals surface area contributed by atoms with E-state index in [1.54, 1.807) is 0 Å². The average Bonchev–Trinajstić information content (AvgIpc) is 2.64. The summed E-state index contributed by atoms with van der Waals surface area (Å²) in [5.41, 5.74) is 9.74. The van der Waals surface area contributed by atoms with Crippen LogP contribution in [0.3, 0.4) is 0 Å². The minimum absolute atomic E-state index is 0.600. The highest BCUT2D eigenvalue weighted by Gasteiger charge is 2.28. The van der Waals surface area contributed by atoms with Crippen molar-refractivity contribution < 1.29 is 0 Å². The molecule has 4 heteroatoms. The first kappa shape index (κ1) is 8.80. The fraction of sp³-hybridized carbons (Fsp3) is 0.700. The summed E-state index contributed by atoms with van der Waals surface area (Å²) in [6.45, 7) is 0.600. The largest absolute Gasteiger partial charge is 0.325 e. The van der Waals surface area contributed by atoms with E-state index in [2.05, 4.69) is 9.78 Å². The van der Waals surface area contributed by atoms with Crippen LogP contribution < -0.4 is 5.73 Å². The summed E-state index contributed by atoms with van der Waals surface area (Å²) in [7, 11) is 0. The number of hydrogen-bond acceptors (Lipinski definition) is 3. The predicted molar refractivity (Wildman–Crippen MR) is 58.0 cm³/mol. The summed E-state index contributed by atoms with van der Waals surface area (Å²) in [5, 5.41) is 4.65. The minimum Gasteiger partial charge on any atom is -0.325 e. The number of fused-ring (bicyclic) bond motifs is 1. The summed E-state index contributed by atoms with van der Waals surface area (Å²) in [6.07, 6.45) is 3.98. The molecule has 0 aromatic carbocycles. The van der Waals surface area contributed by atoms with Crippen molar-refractivity contribution in [3.63, 3.8) is 0 Å². The highest BCUT2D eigenvalue weighted by molar-refractivity contribution is 7.98. The van der Waals surface area contributed by atoms with Gasteiger partial charge in [0, 0.05) is 23.6 Å². The standard InChI is InChI=1S/C10H15N3S/c11-4-9-8-5-14-6-10(8)13(12-9)7-2-1-3-7/h7H,1-6,11H2. The van der Waals surface area contributed by atoms with Crippen LogP contribution in [0.15, 0.2) is 0 Å². The molecule has 0 unspecified atom stereocenters. The van der Waals surface area contributed by atoms with E-state index < -0.39 is 0 Å². The Bertz CT molecular complexity index is 354. The predicted octanol–water partition coefficient (Wildman–Crippen LogP) is 1.81. The van der Waals surface area contributed by atoms with Crippen LogP contribution in [0.25, 0.3) is 0 Å². The molecule has 1 saturated carbocycles. The molecule has 0 bridgehead atoms. The van der Waals surface area contributed by atoms with Gasteiger partial charge in [-0.1, -0.05) is 0 Å². The van der Waals surface area contributed by atoms with Crippen LogP contribution in [0.1, 0.15) is 42.3 Å². The molecule has 2 aliphatic rings. The summed E-state index contributed by atoms with van der Waals surface area (Å²) < 4.78 is 2.26. The average molecular weight is 209 g/mol. The molecule has 1 aliphatic carbocycles. The quantitative estimate of drug-likeness (QED) is 0.808. The number of aromatic nitrogens is 2. The van der Waals surface area contributed by atoms with Crippen LogP contribution >= 0.6 is 11.8 Å². The van der Waals surface area contributed by atoms with Gasteiger partial charge in [-0.2, -0.15) is 16.9 Å². The number of nitrogens with two attached hydrogens (primary N) is 1. The molecule has 2 N–H and O–H groups in total. The molecule has 0 amide bonds. The van der Waals surface area contributed by atoms with Gasteiger partial charge in [0.2, 0.25) is 0 Å². The van der Waals surface area contributed by atoms with E-state index in [4.69, 9.17) is 5.73 Å². The van der Waals surface area contributed by atoms with Crippen molar-refractivity contribution in [2.45, 2.75) is 43.4 Å². The molecule has 0 atom stereocenters. The number of hydrogen-bond donors (Lipinski definition) is 1. The first-order valence-electron chi connectivity index (χ1n) is 5.27. The third kappa shape index (κ3) is 1.13. The zero-order valence-electron chi connectivity index (χ0n) is 8.20. The van der Waals surface area contributed by atoms with E-state index in [-0.39, 0.29) is 0 Å². The fourth-order valence-electron chi connectivity index (χ4n) is 2.22. The van der Waals surface area contributed by atoms with Crippen molar-refractivity contribution in [3.8, 4) is 0 Å². The van der Waals surface area contributed by atoms with Gasteiger partial charge in [-0.05, 0) is 19.3 Å². The highest BCUT2D eigenvalue weighted by Crippen LogP contribution is 2.38. The van der Waals surface area contributed by atoms with E-state index in [0.29, 0.717) is 12.6 Å². The van der Waals surface area contributed by atoms with Crippen molar-refractivity contribution in [1.29, 1.82) is 0 Å². The summed E-state index contributed by atoms with van der Waals surface area (Å²) >= 11 is 1.99. The Balaban J connectivity index is 2.02. The zero-order chi connectivity index (χ0) is 9.54. The van der Waals surface area contributed by atoms with Gasteiger partial charge in [0.25, 0.3) is 0 Å². The van der Waals surface area contributed by atoms with Crippen LogP contribution in [0.4, 0.5) is 0 Å². The van der Waals surface area contributed by atoms with Crippen LogP contribution in [0.5, 0.6) is 0 Å². The van der Waals surface area contributed by atoms with Crippen molar-refractivity contribution >= 4 is 11.8 Å². The summed E-state index contributed by atoms with van der Waals surface area (Å²) in [6, 6.07) is 0.683. The molecule has 14 heavy (non-hydrogen) atoms. The van der Waals surface area contributed by atoms with Crippen LogP contribution in [-0.2, 0) is 18.1 Å². The van der Waals surface area contributed by atoms with E-state index >= 15 is 0 Å². The second-order valence-electron chi connectivity index (χ2n) is 4.10. The lowest BCUT2D eigenvalue weighted by atomic mass is 9.93. The van der Waals surface area contributed by atoms with Crippen LogP contribution in [0.2, 0.25) is 0 Å². The fourth-order valence-corrected chi connectivity index (χ4v) is 3.36. The Kier molecular flexibility index (Phi) is 2.06. The van der Waals surface area contributed by atoms with Gasteiger partial charge in [-0.25, -0.2) is 0 Å². The maximum absolute atomic E-state index is 5.71. The second kappa shape index (κ2) is 3.28. The Morgan fingerprint density at radius 2 is 2.29 bits per heavy atom. The smallest absolute Gasteiger partial charge is 0.0804 e. The Morgan fingerprint density at radius 3 is 2.93 bits per heavy atom. The van der Waals surface area contributed by atoms with Crippen LogP contribution in [-0.4, -0.2) is 9.78 Å². The van der Waals surface area contributed by atoms with Gasteiger partial charge < -0.3 is 5.73 Å². The van der Waals surface area contributed by atoms with E-state index in [9.17, 15) is 0 Å². The van der Waals surface area contributed by atoms with Crippen molar-refractivity contribution in [2.24, 2.45) is 5.73 Å². The molecule has 0 saturated heterocycles. The van der Waals surface area contributed by atoms with E-state index in [1.807, 2.05) is 11.8 Å². The molecule has 76 valence electrons. The molecular weight excluding hydrogens is 194 g/mol. The maximum atomic E-state index is 5.71. The monoisotopic (exact) mass is 209 g/mol. The highest BCUT2D eigenvalue weighted by atomic mass is 32.2. The van der Waals surface area contributed by atoms with Crippen molar-refractivity contribution in [3.05, 3.63) is 17.0 Å². The summed E-state index contributed by atoms with van der Waals surface area (Å²) in [5.74, 6) is 2.26. The lowest BCUT2D eigenvalue weighted by Crippen LogP contribution is -2.20. The van der Waals surface area contributed by atoms with Crippen LogP contribution in [0, 0.1) is 0 Å². The number of thioether (sulfide) groups is 1. The van der Waals surface area contributed by atoms with E-state index in [0.717, 1.165) is 17.2 Å². The topological polar surface area (TPSA) is 43.8 Å². The van der Waals surface area contributed by atoms with Gasteiger partial charge in [0.05, 0.1) is 17.4 Å². The van der Waals surface area contributed by atoms with Gasteiger partial charge >= 0.3 is 0 Å². The molecule has 1 fully saturated rings. The minimum atomic E-state index is 0.600.